The summed E-state index contributed by atoms with van der Waals surface area (Å²) in [7, 11) is 0. The third-order valence-electron chi connectivity index (χ3n) is 4.92. The fraction of sp³-hybridized carbons (Fsp3) is 0.280. The van der Waals surface area contributed by atoms with E-state index in [-0.39, 0.29) is 11.5 Å². The molecule has 0 bridgehead atoms. The number of aliphatic carboxylic acids is 1. The van der Waals surface area contributed by atoms with Crippen LogP contribution < -0.4 is 14.2 Å². The lowest BCUT2D eigenvalue weighted by Crippen LogP contribution is -2.09. The third-order valence-corrected chi connectivity index (χ3v) is 4.92. The molecule has 7 nitrogen and oxygen atoms in total. The van der Waals surface area contributed by atoms with Crippen molar-refractivity contribution in [3.63, 3.8) is 0 Å². The van der Waals surface area contributed by atoms with Crippen molar-refractivity contribution in [1.29, 1.82) is 0 Å². The Bertz CT molecular complexity index is 1120. The van der Waals surface area contributed by atoms with E-state index in [0.29, 0.717) is 48.9 Å². The summed E-state index contributed by atoms with van der Waals surface area (Å²) >= 11 is 0. The molecule has 2 N–H and O–H groups in total. The van der Waals surface area contributed by atoms with Gasteiger partial charge in [-0.25, -0.2) is 4.79 Å². The maximum atomic E-state index is 11.6. The zero-order valence-electron chi connectivity index (χ0n) is 18.1. The average molecular weight is 438 g/mol. The molecule has 168 valence electrons. The minimum atomic E-state index is -1.04. The molecule has 0 fully saturated rings. The van der Waals surface area contributed by atoms with Gasteiger partial charge in [0.2, 0.25) is 0 Å². The first-order valence-electron chi connectivity index (χ1n) is 10.4. The van der Waals surface area contributed by atoms with Crippen LogP contribution in [0.5, 0.6) is 23.0 Å². The predicted octanol–water partition coefficient (Wildman–Crippen LogP) is 4.62. The van der Waals surface area contributed by atoms with Crippen LogP contribution >= 0.6 is 0 Å². The number of aromatic hydroxyl groups is 1. The number of carbonyl (C=O) groups excluding carboxylic acids is 1. The molecule has 0 unspecified atom stereocenters. The number of ketones is 1. The van der Waals surface area contributed by atoms with Gasteiger partial charge in [0, 0.05) is 17.9 Å². The predicted molar refractivity (Wildman–Crippen MR) is 120 cm³/mol. The number of Topliss-reactive ketones (excluding diaryl/α,β-unsaturated/α-hetero) is 1. The zero-order valence-corrected chi connectivity index (χ0v) is 18.1. The van der Waals surface area contributed by atoms with Crippen LogP contribution in [0.1, 0.15) is 36.2 Å². The largest absolute Gasteiger partial charge is 0.507 e. The van der Waals surface area contributed by atoms with E-state index in [0.717, 1.165) is 16.3 Å². The number of carbonyl (C=O) groups is 2. The van der Waals surface area contributed by atoms with E-state index in [1.54, 1.807) is 12.1 Å². The summed E-state index contributed by atoms with van der Waals surface area (Å²) in [5, 5.41) is 20.6. The highest BCUT2D eigenvalue weighted by atomic mass is 16.5. The Morgan fingerprint density at radius 3 is 2.44 bits per heavy atom. The monoisotopic (exact) mass is 438 g/mol. The Morgan fingerprint density at radius 2 is 1.72 bits per heavy atom. The minimum Gasteiger partial charge on any atom is -0.507 e. The molecule has 0 atom stereocenters. The van der Waals surface area contributed by atoms with Crippen LogP contribution in [0, 0.1) is 0 Å². The van der Waals surface area contributed by atoms with Gasteiger partial charge in [0.05, 0.1) is 18.8 Å². The SMILES string of the molecule is CCc1cc(C(C)=O)c(O)cc1OCCCOc1ccc2cccc(OCC(=O)O)c2c1. The highest BCUT2D eigenvalue weighted by Crippen LogP contribution is 2.30. The van der Waals surface area contributed by atoms with Gasteiger partial charge >= 0.3 is 5.97 Å². The molecular weight excluding hydrogens is 412 g/mol. The minimum absolute atomic E-state index is 0.0852. The lowest BCUT2D eigenvalue weighted by atomic mass is 10.0. The number of hydrogen-bond acceptors (Lipinski definition) is 6. The number of carboxylic acids is 1. The van der Waals surface area contributed by atoms with Crippen molar-refractivity contribution in [1.82, 2.24) is 0 Å². The molecule has 0 aliphatic rings. The first-order valence-corrected chi connectivity index (χ1v) is 10.4. The van der Waals surface area contributed by atoms with Crippen LogP contribution in [-0.4, -0.2) is 41.8 Å². The van der Waals surface area contributed by atoms with Crippen molar-refractivity contribution in [2.24, 2.45) is 0 Å². The summed E-state index contributed by atoms with van der Waals surface area (Å²) < 4.78 is 17.0. The van der Waals surface area contributed by atoms with Crippen molar-refractivity contribution in [3.8, 4) is 23.0 Å². The number of aryl methyl sites for hydroxylation is 1. The molecule has 3 aromatic rings. The van der Waals surface area contributed by atoms with Gasteiger partial charge in [0.1, 0.15) is 23.0 Å². The number of fused-ring (bicyclic) bond motifs is 1. The molecular formula is C25H26O7. The molecule has 3 rings (SSSR count). The van der Waals surface area contributed by atoms with E-state index >= 15 is 0 Å². The summed E-state index contributed by atoms with van der Waals surface area (Å²) in [5.74, 6) is 0.370. The Kier molecular flexibility index (Phi) is 7.54. The molecule has 0 saturated carbocycles. The number of carboxylic acid groups (broad SMARTS) is 1. The van der Waals surface area contributed by atoms with Crippen molar-refractivity contribution in [3.05, 3.63) is 59.7 Å². The first kappa shape index (κ1) is 22.9. The maximum absolute atomic E-state index is 11.6. The number of phenols is 1. The maximum Gasteiger partial charge on any atom is 0.341 e. The van der Waals surface area contributed by atoms with Gasteiger partial charge in [-0.3, -0.25) is 4.79 Å². The second kappa shape index (κ2) is 10.5. The van der Waals surface area contributed by atoms with E-state index in [2.05, 4.69) is 0 Å². The van der Waals surface area contributed by atoms with Gasteiger partial charge < -0.3 is 24.4 Å². The highest BCUT2D eigenvalue weighted by Gasteiger charge is 2.13. The fourth-order valence-electron chi connectivity index (χ4n) is 3.32. The third kappa shape index (κ3) is 5.69. The topological polar surface area (TPSA) is 102 Å². The number of benzene rings is 3. The molecule has 0 spiro atoms. The van der Waals surface area contributed by atoms with Crippen LogP contribution in [0.2, 0.25) is 0 Å². The van der Waals surface area contributed by atoms with Gasteiger partial charge in [-0.1, -0.05) is 25.1 Å². The van der Waals surface area contributed by atoms with E-state index in [1.807, 2.05) is 37.3 Å². The Morgan fingerprint density at radius 1 is 0.938 bits per heavy atom. The molecule has 0 aliphatic heterocycles. The van der Waals surface area contributed by atoms with Crippen LogP contribution in [0.4, 0.5) is 0 Å². The van der Waals surface area contributed by atoms with Gasteiger partial charge in [0.15, 0.2) is 12.4 Å². The van der Waals surface area contributed by atoms with Crippen molar-refractivity contribution in [2.75, 3.05) is 19.8 Å². The summed E-state index contributed by atoms with van der Waals surface area (Å²) in [6.45, 7) is 3.75. The summed E-state index contributed by atoms with van der Waals surface area (Å²) in [5.41, 5.74) is 1.15. The van der Waals surface area contributed by atoms with E-state index in [9.17, 15) is 14.7 Å². The molecule has 7 heteroatoms. The normalized spacial score (nSPS) is 10.7. The van der Waals surface area contributed by atoms with Gasteiger partial charge in [0.25, 0.3) is 0 Å². The highest BCUT2D eigenvalue weighted by molar-refractivity contribution is 5.97. The smallest absolute Gasteiger partial charge is 0.341 e. The number of hydrogen-bond donors (Lipinski definition) is 2. The summed E-state index contributed by atoms with van der Waals surface area (Å²) in [4.78, 5) is 22.4. The Hall–Kier alpha value is -3.74. The van der Waals surface area contributed by atoms with Gasteiger partial charge in [-0.15, -0.1) is 0 Å². The molecule has 0 amide bonds. The summed E-state index contributed by atoms with van der Waals surface area (Å²) in [6.07, 6.45) is 1.28. The number of rotatable bonds is 11. The van der Waals surface area contributed by atoms with Crippen molar-refractivity contribution >= 4 is 22.5 Å². The van der Waals surface area contributed by atoms with Crippen LogP contribution in [-0.2, 0) is 11.2 Å². The lowest BCUT2D eigenvalue weighted by molar-refractivity contribution is -0.139. The van der Waals surface area contributed by atoms with Gasteiger partial charge in [-0.2, -0.15) is 0 Å². The van der Waals surface area contributed by atoms with Gasteiger partial charge in [-0.05, 0) is 48.6 Å². The molecule has 0 aromatic heterocycles. The average Bonchev–Trinajstić information content (AvgIpc) is 2.77. The molecule has 0 saturated heterocycles. The van der Waals surface area contributed by atoms with Crippen LogP contribution in [0.15, 0.2) is 48.5 Å². The fourth-order valence-corrected chi connectivity index (χ4v) is 3.32. The molecule has 32 heavy (non-hydrogen) atoms. The van der Waals surface area contributed by atoms with Crippen LogP contribution in [0.25, 0.3) is 10.8 Å². The quantitative estimate of drug-likeness (QED) is 0.333. The number of ether oxygens (including phenoxy) is 3. The zero-order chi connectivity index (χ0) is 23.1. The second-order valence-corrected chi connectivity index (χ2v) is 7.26. The van der Waals surface area contributed by atoms with E-state index in [4.69, 9.17) is 19.3 Å². The van der Waals surface area contributed by atoms with Crippen LogP contribution in [0.3, 0.4) is 0 Å². The molecule has 0 radical (unpaired) electrons. The first-order chi connectivity index (χ1) is 15.4. The molecule has 3 aromatic carbocycles. The Labute approximate surface area is 186 Å². The van der Waals surface area contributed by atoms with Crippen molar-refractivity contribution < 1.29 is 34.0 Å². The van der Waals surface area contributed by atoms with E-state index in [1.165, 1.54) is 13.0 Å². The Balaban J connectivity index is 1.58. The number of phenolic OH excluding ortho intramolecular Hbond substituents is 1. The molecule has 0 heterocycles. The standard InChI is InChI=1S/C25H26O7/c1-3-17-12-20(16(2)26)22(27)14-24(17)31-11-5-10-30-19-9-8-18-6-4-7-23(21(18)13-19)32-15-25(28)29/h4,6-9,12-14,27H,3,5,10-11,15H2,1-2H3,(H,28,29). The summed E-state index contributed by atoms with van der Waals surface area (Å²) in [6, 6.07) is 14.2. The second-order valence-electron chi connectivity index (χ2n) is 7.26. The lowest BCUT2D eigenvalue weighted by Gasteiger charge is -2.14. The van der Waals surface area contributed by atoms with Crippen molar-refractivity contribution in [2.45, 2.75) is 26.7 Å². The molecule has 0 aliphatic carbocycles. The van der Waals surface area contributed by atoms with E-state index < -0.39 is 12.6 Å².